The summed E-state index contributed by atoms with van der Waals surface area (Å²) in [5.74, 6) is 1.18. The molecule has 0 bridgehead atoms. The lowest BCUT2D eigenvalue weighted by atomic mass is 10.1. The van der Waals surface area contributed by atoms with Gasteiger partial charge in [0.25, 0.3) is 5.91 Å². The van der Waals surface area contributed by atoms with Gasteiger partial charge in [-0.05, 0) is 42.2 Å². The molecule has 4 aromatic rings. The summed E-state index contributed by atoms with van der Waals surface area (Å²) in [6.07, 6.45) is 5.03. The van der Waals surface area contributed by atoms with Crippen LogP contribution in [0.25, 0.3) is 21.8 Å². The number of nitrogens with one attached hydrogen (secondary N) is 1. The molecule has 2 aromatic carbocycles. The van der Waals surface area contributed by atoms with Crippen molar-refractivity contribution >= 4 is 27.7 Å². The van der Waals surface area contributed by atoms with Gasteiger partial charge in [-0.2, -0.15) is 0 Å². The molecule has 6 nitrogen and oxygen atoms in total. The van der Waals surface area contributed by atoms with Crippen LogP contribution in [0, 0.1) is 5.92 Å². The number of methoxy groups -OCH3 is 1. The summed E-state index contributed by atoms with van der Waals surface area (Å²) in [7, 11) is 1.70. The molecule has 4 rings (SSSR count). The van der Waals surface area contributed by atoms with Gasteiger partial charge in [0.1, 0.15) is 5.75 Å². The minimum absolute atomic E-state index is 0.00251. The second-order valence-corrected chi connectivity index (χ2v) is 8.80. The van der Waals surface area contributed by atoms with E-state index < -0.39 is 0 Å². The van der Waals surface area contributed by atoms with Crippen LogP contribution in [0.5, 0.6) is 5.75 Å². The van der Waals surface area contributed by atoms with E-state index in [4.69, 9.17) is 9.47 Å². The Labute approximate surface area is 195 Å². The van der Waals surface area contributed by atoms with Crippen LogP contribution in [-0.4, -0.2) is 41.9 Å². The van der Waals surface area contributed by atoms with Gasteiger partial charge in [-0.15, -0.1) is 0 Å². The summed E-state index contributed by atoms with van der Waals surface area (Å²) in [5.41, 5.74) is 3.58. The molecular weight excluding hydrogens is 414 g/mol. The highest BCUT2D eigenvalue weighted by Gasteiger charge is 2.11. The summed E-state index contributed by atoms with van der Waals surface area (Å²) in [5, 5.41) is 5.26. The van der Waals surface area contributed by atoms with Crippen molar-refractivity contribution < 1.29 is 14.3 Å². The van der Waals surface area contributed by atoms with Crippen LogP contribution >= 0.6 is 0 Å². The van der Waals surface area contributed by atoms with E-state index in [1.165, 1.54) is 16.5 Å². The Kier molecular flexibility index (Phi) is 7.35. The number of ether oxygens (including phenoxy) is 2. The first-order chi connectivity index (χ1) is 16.1. The minimum atomic E-state index is -0.114. The molecular formula is C27H33N3O3. The smallest absolute Gasteiger partial charge is 0.257 e. The van der Waals surface area contributed by atoms with E-state index in [9.17, 15) is 4.79 Å². The molecule has 0 unspecified atom stereocenters. The van der Waals surface area contributed by atoms with E-state index in [0.29, 0.717) is 19.1 Å². The molecule has 1 N–H and O–H groups in total. The number of aromatic nitrogens is 2. The molecule has 0 saturated carbocycles. The first kappa shape index (κ1) is 22.9. The number of hydrogen-bond donors (Lipinski definition) is 1. The fourth-order valence-corrected chi connectivity index (χ4v) is 4.30. The third-order valence-electron chi connectivity index (χ3n) is 5.82. The van der Waals surface area contributed by atoms with Gasteiger partial charge in [-0.25, -0.2) is 0 Å². The Morgan fingerprint density at radius 2 is 1.79 bits per heavy atom. The highest BCUT2D eigenvalue weighted by molar-refractivity contribution is 5.87. The highest BCUT2D eigenvalue weighted by Crippen LogP contribution is 2.26. The minimum Gasteiger partial charge on any atom is -0.483 e. The number of hydrogen-bond acceptors (Lipinski definition) is 3. The number of amides is 1. The molecule has 1 amide bonds. The lowest BCUT2D eigenvalue weighted by molar-refractivity contribution is -0.123. The number of para-hydroxylation sites is 1. The van der Waals surface area contributed by atoms with E-state index in [1.807, 2.05) is 30.5 Å². The molecule has 0 fully saturated rings. The maximum atomic E-state index is 12.4. The van der Waals surface area contributed by atoms with Crippen LogP contribution in [0.15, 0.2) is 60.9 Å². The van der Waals surface area contributed by atoms with Crippen molar-refractivity contribution in [3.8, 4) is 5.75 Å². The Balaban J connectivity index is 1.33. The third-order valence-corrected chi connectivity index (χ3v) is 5.82. The second-order valence-electron chi connectivity index (χ2n) is 8.80. The lowest BCUT2D eigenvalue weighted by Crippen LogP contribution is -2.30. The molecule has 2 aromatic heterocycles. The average molecular weight is 448 g/mol. The number of benzene rings is 2. The monoisotopic (exact) mass is 447 g/mol. The molecule has 2 heterocycles. The van der Waals surface area contributed by atoms with Gasteiger partial charge in [0.2, 0.25) is 0 Å². The van der Waals surface area contributed by atoms with Crippen LogP contribution in [0.3, 0.4) is 0 Å². The van der Waals surface area contributed by atoms with Crippen LogP contribution in [0.4, 0.5) is 0 Å². The van der Waals surface area contributed by atoms with Gasteiger partial charge in [0, 0.05) is 55.4 Å². The van der Waals surface area contributed by atoms with Crippen molar-refractivity contribution in [1.29, 1.82) is 0 Å². The van der Waals surface area contributed by atoms with E-state index in [2.05, 4.69) is 58.8 Å². The zero-order chi connectivity index (χ0) is 23.2. The fraction of sp³-hybridized carbons (Fsp3) is 0.370. The zero-order valence-corrected chi connectivity index (χ0v) is 19.7. The quantitative estimate of drug-likeness (QED) is 0.365. The molecule has 6 heteroatoms. The molecule has 33 heavy (non-hydrogen) atoms. The van der Waals surface area contributed by atoms with Crippen molar-refractivity contribution in [2.45, 2.75) is 33.4 Å². The van der Waals surface area contributed by atoms with E-state index >= 15 is 0 Å². The van der Waals surface area contributed by atoms with Crippen molar-refractivity contribution in [3.63, 3.8) is 0 Å². The molecule has 0 saturated heterocycles. The van der Waals surface area contributed by atoms with Crippen molar-refractivity contribution in [1.82, 2.24) is 14.5 Å². The summed E-state index contributed by atoms with van der Waals surface area (Å²) < 4.78 is 15.5. The van der Waals surface area contributed by atoms with Crippen LogP contribution in [0.1, 0.15) is 19.4 Å². The molecule has 0 aliphatic heterocycles. The summed E-state index contributed by atoms with van der Waals surface area (Å²) in [6, 6.07) is 16.4. The maximum Gasteiger partial charge on any atom is 0.257 e. The number of carbonyl (C=O) groups excluding carboxylic acids is 1. The van der Waals surface area contributed by atoms with E-state index in [0.717, 1.165) is 36.2 Å². The number of carbonyl (C=O) groups is 1. The van der Waals surface area contributed by atoms with Crippen molar-refractivity contribution in [2.24, 2.45) is 5.92 Å². The normalized spacial score (nSPS) is 11.5. The SMILES string of the molecule is COCCn1ccc2c(OCC(=O)NCCc3cn(CC(C)C)c4ccccc34)cccc21. The Bertz CT molecular complexity index is 1220. The Morgan fingerprint density at radius 1 is 1.00 bits per heavy atom. The van der Waals surface area contributed by atoms with Crippen molar-refractivity contribution in [3.05, 3.63) is 66.5 Å². The Morgan fingerprint density at radius 3 is 2.61 bits per heavy atom. The van der Waals surface area contributed by atoms with Crippen molar-refractivity contribution in [2.75, 3.05) is 26.9 Å². The zero-order valence-electron chi connectivity index (χ0n) is 19.7. The summed E-state index contributed by atoms with van der Waals surface area (Å²) >= 11 is 0. The topological polar surface area (TPSA) is 57.4 Å². The maximum absolute atomic E-state index is 12.4. The van der Waals surface area contributed by atoms with Gasteiger partial charge < -0.3 is 23.9 Å². The lowest BCUT2D eigenvalue weighted by Gasteiger charge is -2.09. The molecule has 0 spiro atoms. The number of rotatable bonds is 11. The molecule has 0 atom stereocenters. The third kappa shape index (κ3) is 5.40. The Hall–Kier alpha value is -3.25. The van der Waals surface area contributed by atoms with Gasteiger partial charge in [0.05, 0.1) is 12.1 Å². The molecule has 174 valence electrons. The largest absolute Gasteiger partial charge is 0.483 e. The van der Waals surface area contributed by atoms with Crippen LogP contribution in [-0.2, 0) is 29.0 Å². The molecule has 0 aliphatic carbocycles. The highest BCUT2D eigenvalue weighted by atomic mass is 16.5. The second kappa shape index (κ2) is 10.6. The van der Waals surface area contributed by atoms with Gasteiger partial charge in [0.15, 0.2) is 6.61 Å². The summed E-state index contributed by atoms with van der Waals surface area (Å²) in [6.45, 7) is 7.44. The standard InChI is InChI=1S/C27H33N3O3/c1-20(2)17-30-18-21(22-7-4-5-8-24(22)30)11-13-28-27(31)19-33-26-10-6-9-25-23(26)12-14-29(25)15-16-32-3/h4-10,12,14,18,20H,11,13,15-17,19H2,1-3H3,(H,28,31). The molecule has 0 radical (unpaired) electrons. The summed E-state index contributed by atoms with van der Waals surface area (Å²) in [4.78, 5) is 12.4. The fourth-order valence-electron chi connectivity index (χ4n) is 4.30. The van der Waals surface area contributed by atoms with Gasteiger partial charge in [-0.3, -0.25) is 4.79 Å². The van der Waals surface area contributed by atoms with Gasteiger partial charge in [-0.1, -0.05) is 38.1 Å². The van der Waals surface area contributed by atoms with Crippen LogP contribution < -0.4 is 10.1 Å². The predicted octanol–water partition coefficient (Wildman–Crippen LogP) is 4.64. The first-order valence-electron chi connectivity index (χ1n) is 11.6. The van der Waals surface area contributed by atoms with Gasteiger partial charge >= 0.3 is 0 Å². The van der Waals surface area contributed by atoms with Crippen LogP contribution in [0.2, 0.25) is 0 Å². The number of nitrogens with zero attached hydrogens (tertiary/aromatic N) is 2. The number of fused-ring (bicyclic) bond motifs is 2. The predicted molar refractivity (Wildman–Crippen MR) is 133 cm³/mol. The molecule has 0 aliphatic rings. The van der Waals surface area contributed by atoms with E-state index in [-0.39, 0.29) is 12.5 Å². The van der Waals surface area contributed by atoms with E-state index in [1.54, 1.807) is 7.11 Å². The first-order valence-corrected chi connectivity index (χ1v) is 11.6. The average Bonchev–Trinajstić information content (AvgIpc) is 3.38.